The van der Waals surface area contributed by atoms with Gasteiger partial charge in [-0.1, -0.05) is 12.2 Å². The molecule has 3 rings (SSSR count). The van der Waals surface area contributed by atoms with Crippen molar-refractivity contribution in [3.8, 4) is 0 Å². The van der Waals surface area contributed by atoms with E-state index in [9.17, 15) is 5.11 Å². The van der Waals surface area contributed by atoms with Crippen LogP contribution < -0.4 is 10.6 Å². The van der Waals surface area contributed by atoms with Gasteiger partial charge < -0.3 is 15.7 Å². The third-order valence-corrected chi connectivity index (χ3v) is 5.43. The van der Waals surface area contributed by atoms with Crippen molar-refractivity contribution in [2.45, 2.75) is 57.7 Å². The van der Waals surface area contributed by atoms with E-state index in [1.165, 1.54) is 5.56 Å². The Kier molecular flexibility index (Phi) is 2.76. The molecule has 0 aromatic carbocycles. The third kappa shape index (κ3) is 2.18. The summed E-state index contributed by atoms with van der Waals surface area (Å²) in [5.74, 6) is 0. The predicted octanol–water partition coefficient (Wildman–Crippen LogP) is 2.98. The van der Waals surface area contributed by atoms with Crippen molar-refractivity contribution in [3.63, 3.8) is 0 Å². The minimum atomic E-state index is -0.386. The second-order valence-electron chi connectivity index (χ2n) is 6.90. The van der Waals surface area contributed by atoms with Crippen molar-refractivity contribution in [1.29, 1.82) is 0 Å². The predicted molar refractivity (Wildman–Crippen MR) is 84.2 cm³/mol. The van der Waals surface area contributed by atoms with Gasteiger partial charge in [-0.2, -0.15) is 0 Å². The number of hydrogen-bond donors (Lipinski definition) is 3. The molecule has 1 atom stereocenters. The standard InChI is InChI=1S/C14H20N2OS2/c1-13(2)5-7-9-8(17)6-14(3,4)16-12(9)19-10(7)11(18)15-13/h8,16-17H,5-6H2,1-4H3,(H,15,18). The van der Waals surface area contributed by atoms with E-state index in [4.69, 9.17) is 12.2 Å². The Morgan fingerprint density at radius 1 is 1.21 bits per heavy atom. The minimum Gasteiger partial charge on any atom is -0.388 e. The molecule has 3 nitrogen and oxygen atoms in total. The molecule has 5 heteroatoms. The van der Waals surface area contributed by atoms with Crippen molar-refractivity contribution >= 4 is 33.5 Å². The molecule has 0 bridgehead atoms. The summed E-state index contributed by atoms with van der Waals surface area (Å²) in [7, 11) is 0. The van der Waals surface area contributed by atoms with E-state index in [0.717, 1.165) is 33.3 Å². The Hall–Kier alpha value is -0.650. The molecule has 1 unspecified atom stereocenters. The maximum absolute atomic E-state index is 10.5. The number of aliphatic hydroxyl groups excluding tert-OH is 1. The average Bonchev–Trinajstić information content (AvgIpc) is 2.52. The highest BCUT2D eigenvalue weighted by Gasteiger charge is 2.39. The molecular weight excluding hydrogens is 276 g/mol. The van der Waals surface area contributed by atoms with Crippen LogP contribution >= 0.6 is 23.6 Å². The van der Waals surface area contributed by atoms with Crippen molar-refractivity contribution in [1.82, 2.24) is 5.32 Å². The molecule has 104 valence electrons. The maximum atomic E-state index is 10.5. The van der Waals surface area contributed by atoms with Gasteiger partial charge in [0.15, 0.2) is 0 Å². The van der Waals surface area contributed by atoms with E-state index in [0.29, 0.717) is 0 Å². The fraction of sp³-hybridized carbons (Fsp3) is 0.643. The van der Waals surface area contributed by atoms with E-state index in [1.54, 1.807) is 11.3 Å². The van der Waals surface area contributed by atoms with Gasteiger partial charge in [0.2, 0.25) is 0 Å². The molecule has 3 N–H and O–H groups in total. The summed E-state index contributed by atoms with van der Waals surface area (Å²) in [4.78, 5) is 1.95. The molecule has 0 saturated carbocycles. The topological polar surface area (TPSA) is 44.3 Å². The lowest BCUT2D eigenvalue weighted by Crippen LogP contribution is -2.48. The first kappa shape index (κ1) is 13.3. The van der Waals surface area contributed by atoms with E-state index < -0.39 is 0 Å². The summed E-state index contributed by atoms with van der Waals surface area (Å²) < 4.78 is 0. The molecule has 0 saturated heterocycles. The second kappa shape index (κ2) is 3.93. The third-order valence-electron chi connectivity index (χ3n) is 3.81. The van der Waals surface area contributed by atoms with Crippen LogP contribution in [0.15, 0.2) is 0 Å². The molecule has 0 fully saturated rings. The Bertz CT molecular complexity index is 560. The Labute approximate surface area is 123 Å². The van der Waals surface area contributed by atoms with E-state index >= 15 is 0 Å². The second-order valence-corrected chi connectivity index (χ2v) is 8.32. The molecule has 1 aromatic heterocycles. The van der Waals surface area contributed by atoms with Crippen LogP contribution in [0.1, 0.15) is 56.2 Å². The molecule has 0 amide bonds. The van der Waals surface area contributed by atoms with Gasteiger partial charge in [-0.15, -0.1) is 11.3 Å². The fourth-order valence-corrected chi connectivity index (χ4v) is 4.95. The number of anilines is 1. The number of thiocarbonyl (C=S) groups is 1. The number of rotatable bonds is 0. The van der Waals surface area contributed by atoms with Gasteiger partial charge in [0.05, 0.1) is 16.0 Å². The maximum Gasteiger partial charge on any atom is 0.117 e. The number of aliphatic hydroxyl groups is 1. The van der Waals surface area contributed by atoms with E-state index in [1.807, 2.05) is 0 Å². The Morgan fingerprint density at radius 2 is 1.89 bits per heavy atom. The van der Waals surface area contributed by atoms with Gasteiger partial charge in [-0.25, -0.2) is 0 Å². The molecule has 0 radical (unpaired) electrons. The number of hydrogen-bond acceptors (Lipinski definition) is 4. The van der Waals surface area contributed by atoms with Crippen LogP contribution in [0, 0.1) is 0 Å². The number of nitrogens with one attached hydrogen (secondary N) is 2. The van der Waals surface area contributed by atoms with E-state index in [-0.39, 0.29) is 17.2 Å². The molecule has 3 heterocycles. The molecule has 19 heavy (non-hydrogen) atoms. The summed E-state index contributed by atoms with van der Waals surface area (Å²) in [6.07, 6.45) is 1.26. The zero-order valence-electron chi connectivity index (χ0n) is 11.8. The van der Waals surface area contributed by atoms with Crippen LogP contribution in [0.4, 0.5) is 5.00 Å². The SMILES string of the molecule is CC1(C)Cc2c(sc3c2C(O)CC(C)(C)N3)C(=S)N1. The molecular formula is C14H20N2OS2. The zero-order valence-corrected chi connectivity index (χ0v) is 13.4. The van der Waals surface area contributed by atoms with Gasteiger partial charge in [-0.3, -0.25) is 0 Å². The highest BCUT2D eigenvalue weighted by atomic mass is 32.1. The van der Waals surface area contributed by atoms with Crippen molar-refractivity contribution in [2.24, 2.45) is 0 Å². The van der Waals surface area contributed by atoms with Gasteiger partial charge in [0.1, 0.15) is 4.99 Å². The monoisotopic (exact) mass is 296 g/mol. The molecule has 0 aliphatic carbocycles. The lowest BCUT2D eigenvalue weighted by molar-refractivity contribution is 0.140. The quantitative estimate of drug-likeness (QED) is 0.644. The van der Waals surface area contributed by atoms with E-state index in [2.05, 4.69) is 38.3 Å². The first-order chi connectivity index (χ1) is 8.69. The van der Waals surface area contributed by atoms with Gasteiger partial charge >= 0.3 is 0 Å². The lowest BCUT2D eigenvalue weighted by Gasteiger charge is -2.37. The molecule has 2 aliphatic heterocycles. The largest absolute Gasteiger partial charge is 0.388 e. The summed E-state index contributed by atoms with van der Waals surface area (Å²) in [5.41, 5.74) is 2.22. The van der Waals surface area contributed by atoms with Crippen LogP contribution in [0.2, 0.25) is 0 Å². The first-order valence-corrected chi connectivity index (χ1v) is 7.85. The summed E-state index contributed by atoms with van der Waals surface area (Å²) in [5, 5.41) is 18.5. The van der Waals surface area contributed by atoms with Crippen LogP contribution in [-0.2, 0) is 6.42 Å². The van der Waals surface area contributed by atoms with Crippen molar-refractivity contribution < 1.29 is 5.11 Å². The number of thiophene rings is 1. The molecule has 1 aromatic rings. The van der Waals surface area contributed by atoms with Gasteiger partial charge in [0, 0.05) is 23.1 Å². The highest BCUT2D eigenvalue weighted by molar-refractivity contribution is 7.81. The van der Waals surface area contributed by atoms with Crippen LogP contribution in [-0.4, -0.2) is 21.2 Å². The molecule has 2 aliphatic rings. The fourth-order valence-electron chi connectivity index (χ4n) is 3.08. The zero-order chi connectivity index (χ0) is 14.0. The first-order valence-electron chi connectivity index (χ1n) is 6.63. The Morgan fingerprint density at radius 3 is 2.58 bits per heavy atom. The minimum absolute atomic E-state index is 0.0361. The van der Waals surface area contributed by atoms with Crippen LogP contribution in [0.3, 0.4) is 0 Å². The van der Waals surface area contributed by atoms with Crippen LogP contribution in [0.25, 0.3) is 0 Å². The summed E-state index contributed by atoms with van der Waals surface area (Å²) >= 11 is 7.16. The normalized spacial score (nSPS) is 27.0. The lowest BCUT2D eigenvalue weighted by atomic mass is 9.83. The van der Waals surface area contributed by atoms with Crippen LogP contribution in [0.5, 0.6) is 0 Å². The average molecular weight is 296 g/mol. The summed E-state index contributed by atoms with van der Waals surface area (Å²) in [6.45, 7) is 8.55. The van der Waals surface area contributed by atoms with Crippen molar-refractivity contribution in [2.75, 3.05) is 5.32 Å². The van der Waals surface area contributed by atoms with Gasteiger partial charge in [-0.05, 0) is 39.7 Å². The highest BCUT2D eigenvalue weighted by Crippen LogP contribution is 2.47. The van der Waals surface area contributed by atoms with Crippen molar-refractivity contribution in [3.05, 3.63) is 16.0 Å². The number of fused-ring (bicyclic) bond motifs is 3. The Balaban J connectivity index is 2.13. The smallest absolute Gasteiger partial charge is 0.117 e. The molecule has 0 spiro atoms. The summed E-state index contributed by atoms with van der Waals surface area (Å²) in [6, 6.07) is 0. The van der Waals surface area contributed by atoms with Gasteiger partial charge in [0.25, 0.3) is 0 Å².